The molecule has 0 unspecified atom stereocenters. The molecule has 112 valence electrons. The molecule has 0 heterocycles. The van der Waals surface area contributed by atoms with Gasteiger partial charge in [0.1, 0.15) is 0 Å². The summed E-state index contributed by atoms with van der Waals surface area (Å²) >= 11 is 5.77. The number of aryl methyl sites for hydroxylation is 1. The Morgan fingerprint density at radius 3 is 2.48 bits per heavy atom. The molecule has 0 aliphatic rings. The molecule has 0 spiro atoms. The highest BCUT2D eigenvalue weighted by atomic mass is 35.5. The van der Waals surface area contributed by atoms with Gasteiger partial charge in [-0.3, -0.25) is 0 Å². The zero-order chi connectivity index (χ0) is 15.5. The first-order valence-corrected chi connectivity index (χ1v) is 8.58. The highest BCUT2D eigenvalue weighted by Gasteiger charge is 2.21. The Bertz CT molecular complexity index is 729. The van der Waals surface area contributed by atoms with E-state index < -0.39 is 10.0 Å². The van der Waals surface area contributed by atoms with Crippen LogP contribution < -0.4 is 0 Å². The number of rotatable bonds is 5. The highest BCUT2D eigenvalue weighted by molar-refractivity contribution is 7.89. The Morgan fingerprint density at radius 1 is 1.10 bits per heavy atom. The van der Waals surface area contributed by atoms with Crippen LogP contribution in [0.5, 0.6) is 0 Å². The predicted molar refractivity (Wildman–Crippen MR) is 85.8 cm³/mol. The minimum Gasteiger partial charge on any atom is -0.207 e. The van der Waals surface area contributed by atoms with Crippen molar-refractivity contribution in [3.63, 3.8) is 0 Å². The van der Waals surface area contributed by atoms with Crippen LogP contribution in [0.25, 0.3) is 0 Å². The molecule has 2 aromatic rings. The molecule has 0 aliphatic heterocycles. The van der Waals surface area contributed by atoms with Gasteiger partial charge in [0.05, 0.1) is 4.90 Å². The van der Waals surface area contributed by atoms with Crippen LogP contribution in [-0.2, 0) is 22.4 Å². The lowest BCUT2D eigenvalue weighted by atomic mass is 10.1. The van der Waals surface area contributed by atoms with Gasteiger partial charge >= 0.3 is 0 Å². The van der Waals surface area contributed by atoms with E-state index >= 15 is 0 Å². The van der Waals surface area contributed by atoms with Crippen LogP contribution in [0.15, 0.2) is 53.4 Å². The molecule has 21 heavy (non-hydrogen) atoms. The number of alkyl halides is 1. The fourth-order valence-electron chi connectivity index (χ4n) is 2.08. The van der Waals surface area contributed by atoms with Crippen molar-refractivity contribution >= 4 is 21.6 Å². The van der Waals surface area contributed by atoms with Gasteiger partial charge in [-0.05, 0) is 35.7 Å². The van der Waals surface area contributed by atoms with Gasteiger partial charge in [-0.1, -0.05) is 36.4 Å². The van der Waals surface area contributed by atoms with Crippen molar-refractivity contribution in [2.75, 3.05) is 7.05 Å². The molecule has 0 amide bonds. The van der Waals surface area contributed by atoms with Crippen molar-refractivity contribution in [2.45, 2.75) is 24.2 Å². The van der Waals surface area contributed by atoms with Crippen LogP contribution in [0.3, 0.4) is 0 Å². The van der Waals surface area contributed by atoms with E-state index in [2.05, 4.69) is 0 Å². The lowest BCUT2D eigenvalue weighted by Crippen LogP contribution is -2.26. The first-order valence-electron chi connectivity index (χ1n) is 6.61. The zero-order valence-corrected chi connectivity index (χ0v) is 13.7. The molecule has 0 N–H and O–H groups in total. The molecule has 0 aromatic heterocycles. The van der Waals surface area contributed by atoms with E-state index in [-0.39, 0.29) is 4.90 Å². The van der Waals surface area contributed by atoms with Gasteiger partial charge in [0.25, 0.3) is 0 Å². The summed E-state index contributed by atoms with van der Waals surface area (Å²) in [6, 6.07) is 14.5. The van der Waals surface area contributed by atoms with E-state index in [9.17, 15) is 8.42 Å². The van der Waals surface area contributed by atoms with Crippen LogP contribution in [0.2, 0.25) is 0 Å². The maximum Gasteiger partial charge on any atom is 0.243 e. The van der Waals surface area contributed by atoms with Gasteiger partial charge in [-0.2, -0.15) is 4.31 Å². The van der Waals surface area contributed by atoms with Crippen LogP contribution >= 0.6 is 11.6 Å². The number of sulfonamides is 1. The van der Waals surface area contributed by atoms with Gasteiger partial charge in [0.15, 0.2) is 0 Å². The van der Waals surface area contributed by atoms with Gasteiger partial charge in [0.2, 0.25) is 10.0 Å². The quantitative estimate of drug-likeness (QED) is 0.789. The zero-order valence-electron chi connectivity index (χ0n) is 12.1. The van der Waals surface area contributed by atoms with Crippen LogP contribution in [0, 0.1) is 6.92 Å². The molecule has 2 rings (SSSR count). The summed E-state index contributed by atoms with van der Waals surface area (Å²) in [6.07, 6.45) is 0. The molecule has 0 saturated carbocycles. The maximum absolute atomic E-state index is 12.6. The van der Waals surface area contributed by atoms with E-state index in [0.29, 0.717) is 12.4 Å². The van der Waals surface area contributed by atoms with Crippen LogP contribution in [0.4, 0.5) is 0 Å². The minimum atomic E-state index is -3.51. The van der Waals surface area contributed by atoms with E-state index in [4.69, 9.17) is 11.6 Å². The summed E-state index contributed by atoms with van der Waals surface area (Å²) in [7, 11) is -1.92. The Balaban J connectivity index is 2.28. The normalized spacial score (nSPS) is 11.8. The largest absolute Gasteiger partial charge is 0.243 e. The molecule has 0 radical (unpaired) electrons. The van der Waals surface area contributed by atoms with Crippen molar-refractivity contribution in [3.8, 4) is 0 Å². The smallest absolute Gasteiger partial charge is 0.207 e. The molecule has 0 atom stereocenters. The summed E-state index contributed by atoms with van der Waals surface area (Å²) in [5, 5.41) is 0. The van der Waals surface area contributed by atoms with E-state index in [1.54, 1.807) is 25.2 Å². The summed E-state index contributed by atoms with van der Waals surface area (Å²) < 4.78 is 26.6. The number of hydrogen-bond acceptors (Lipinski definition) is 2. The second kappa shape index (κ2) is 6.60. The average Bonchev–Trinajstić information content (AvgIpc) is 2.49. The lowest BCUT2D eigenvalue weighted by molar-refractivity contribution is 0.466. The molecule has 0 saturated heterocycles. The summed E-state index contributed by atoms with van der Waals surface area (Å²) in [6.45, 7) is 2.32. The molecular formula is C16H18ClNO2S. The summed E-state index contributed by atoms with van der Waals surface area (Å²) in [4.78, 5) is 0.275. The number of benzene rings is 2. The lowest BCUT2D eigenvalue weighted by Gasteiger charge is -2.18. The number of hydrogen-bond donors (Lipinski definition) is 0. The predicted octanol–water partition coefficient (Wildman–Crippen LogP) is 3.55. The van der Waals surface area contributed by atoms with Gasteiger partial charge < -0.3 is 0 Å². The van der Waals surface area contributed by atoms with Crippen LogP contribution in [0.1, 0.15) is 16.7 Å². The van der Waals surface area contributed by atoms with Crippen molar-refractivity contribution in [3.05, 3.63) is 65.2 Å². The summed E-state index contributed by atoms with van der Waals surface area (Å²) in [5.41, 5.74) is 2.87. The van der Waals surface area contributed by atoms with Crippen molar-refractivity contribution < 1.29 is 8.42 Å². The molecule has 3 nitrogen and oxygen atoms in total. The Morgan fingerprint density at radius 2 is 1.81 bits per heavy atom. The summed E-state index contributed by atoms with van der Waals surface area (Å²) in [5.74, 6) is 0.296. The minimum absolute atomic E-state index is 0.275. The molecular weight excluding hydrogens is 306 g/mol. The fraction of sp³-hybridized carbons (Fsp3) is 0.250. The van der Waals surface area contributed by atoms with Crippen LogP contribution in [-0.4, -0.2) is 19.8 Å². The monoisotopic (exact) mass is 323 g/mol. The highest BCUT2D eigenvalue weighted by Crippen LogP contribution is 2.19. The SMILES string of the molecule is Cc1ccccc1CN(C)S(=O)(=O)c1cccc(CCl)c1. The molecule has 2 aromatic carbocycles. The Kier molecular flexibility index (Phi) is 5.04. The van der Waals surface area contributed by atoms with E-state index in [1.165, 1.54) is 4.31 Å². The van der Waals surface area contributed by atoms with Gasteiger partial charge in [-0.15, -0.1) is 11.6 Å². The van der Waals surface area contributed by atoms with Gasteiger partial charge in [-0.25, -0.2) is 8.42 Å². The third-order valence-corrected chi connectivity index (χ3v) is 5.52. The standard InChI is InChI=1S/C16H18ClNO2S/c1-13-6-3-4-8-15(13)12-18(2)21(19,20)16-9-5-7-14(10-16)11-17/h3-10H,11-12H2,1-2H3. The first-order chi connectivity index (χ1) is 9.95. The number of halogens is 1. The molecule has 0 aliphatic carbocycles. The first kappa shape index (κ1) is 16.0. The second-order valence-electron chi connectivity index (χ2n) is 4.97. The fourth-order valence-corrected chi connectivity index (χ4v) is 3.47. The van der Waals surface area contributed by atoms with E-state index in [1.807, 2.05) is 37.3 Å². The van der Waals surface area contributed by atoms with Crippen molar-refractivity contribution in [2.24, 2.45) is 0 Å². The van der Waals surface area contributed by atoms with Crippen molar-refractivity contribution in [1.82, 2.24) is 4.31 Å². The molecule has 5 heteroatoms. The average molecular weight is 324 g/mol. The maximum atomic E-state index is 12.6. The molecule has 0 fully saturated rings. The third-order valence-electron chi connectivity index (χ3n) is 3.42. The number of nitrogens with zero attached hydrogens (tertiary/aromatic N) is 1. The Hall–Kier alpha value is -1.36. The molecule has 0 bridgehead atoms. The van der Waals surface area contributed by atoms with E-state index in [0.717, 1.165) is 16.7 Å². The van der Waals surface area contributed by atoms with Crippen molar-refractivity contribution in [1.29, 1.82) is 0 Å². The third kappa shape index (κ3) is 3.64. The van der Waals surface area contributed by atoms with Gasteiger partial charge in [0, 0.05) is 19.5 Å². The Labute approximate surface area is 131 Å². The topological polar surface area (TPSA) is 37.4 Å². The second-order valence-corrected chi connectivity index (χ2v) is 7.28.